The highest BCUT2D eigenvalue weighted by Gasteiger charge is 2.29. The third kappa shape index (κ3) is 3.85. The molecule has 0 saturated carbocycles. The van der Waals surface area contributed by atoms with Crippen LogP contribution in [0.5, 0.6) is 0 Å². The Kier molecular flexibility index (Phi) is 5.35. The maximum absolute atomic E-state index is 12.9. The van der Waals surface area contributed by atoms with Crippen molar-refractivity contribution in [2.24, 2.45) is 0 Å². The number of anilines is 1. The van der Waals surface area contributed by atoms with Crippen molar-refractivity contribution >= 4 is 34.9 Å². The number of nitrogens with one attached hydrogen (secondary N) is 1. The largest absolute Gasteiger partial charge is 0.325 e. The van der Waals surface area contributed by atoms with Crippen LogP contribution in [0, 0.1) is 6.92 Å². The minimum Gasteiger partial charge on any atom is -0.325 e. The van der Waals surface area contributed by atoms with Gasteiger partial charge in [-0.3, -0.25) is 19.0 Å². The number of aryl methyl sites for hydroxylation is 1. The van der Waals surface area contributed by atoms with E-state index >= 15 is 0 Å². The summed E-state index contributed by atoms with van der Waals surface area (Å²) in [5.41, 5.74) is 2.80. The zero-order valence-corrected chi connectivity index (χ0v) is 18.4. The number of aromatic nitrogens is 3. The molecule has 3 aromatic carbocycles. The highest BCUT2D eigenvalue weighted by atomic mass is 32.2. The Morgan fingerprint density at radius 3 is 2.21 bits per heavy atom. The predicted octanol–water partition coefficient (Wildman–Crippen LogP) is 4.08. The molecular formula is C25H18N4O3S. The second-order valence-corrected chi connectivity index (χ2v) is 8.44. The van der Waals surface area contributed by atoms with Crippen molar-refractivity contribution in [2.75, 3.05) is 11.1 Å². The third-order valence-corrected chi connectivity index (χ3v) is 6.28. The van der Waals surface area contributed by atoms with E-state index in [2.05, 4.69) is 15.5 Å². The summed E-state index contributed by atoms with van der Waals surface area (Å²) in [6, 6.07) is 21.2. The number of hydrogen-bond acceptors (Lipinski definition) is 6. The number of thioether (sulfide) groups is 1. The molecule has 1 N–H and O–H groups in total. The standard InChI is InChI=1S/C25H18N4O3S/c1-15-27-28-25(29(15)17-7-3-2-4-8-17)33-14-22(30)26-16-11-12-20-21(13-16)24(32)19-10-6-5-9-18(19)23(20)31/h2-13H,14H2,1H3,(H,26,30). The molecule has 4 aromatic rings. The summed E-state index contributed by atoms with van der Waals surface area (Å²) < 4.78 is 1.89. The Morgan fingerprint density at radius 2 is 1.48 bits per heavy atom. The van der Waals surface area contributed by atoms with E-state index in [1.165, 1.54) is 11.8 Å². The van der Waals surface area contributed by atoms with Crippen LogP contribution in [0.2, 0.25) is 0 Å². The molecule has 0 spiro atoms. The minimum absolute atomic E-state index is 0.109. The summed E-state index contributed by atoms with van der Waals surface area (Å²) in [6.45, 7) is 1.85. The highest BCUT2D eigenvalue weighted by molar-refractivity contribution is 7.99. The average molecular weight is 455 g/mol. The molecule has 162 valence electrons. The maximum Gasteiger partial charge on any atom is 0.234 e. The molecule has 0 atom stereocenters. The van der Waals surface area contributed by atoms with Crippen molar-refractivity contribution in [1.82, 2.24) is 14.8 Å². The van der Waals surface area contributed by atoms with Crippen LogP contribution in [0.1, 0.15) is 37.7 Å². The monoisotopic (exact) mass is 454 g/mol. The number of hydrogen-bond donors (Lipinski definition) is 1. The first-order valence-electron chi connectivity index (χ1n) is 10.3. The number of carbonyl (C=O) groups is 3. The lowest BCUT2D eigenvalue weighted by atomic mass is 9.84. The van der Waals surface area contributed by atoms with Gasteiger partial charge >= 0.3 is 0 Å². The first-order valence-corrected chi connectivity index (χ1v) is 11.2. The van der Waals surface area contributed by atoms with Crippen molar-refractivity contribution in [2.45, 2.75) is 12.1 Å². The topological polar surface area (TPSA) is 94.0 Å². The van der Waals surface area contributed by atoms with Gasteiger partial charge in [0, 0.05) is 33.6 Å². The SMILES string of the molecule is Cc1nnc(SCC(=O)Nc2ccc3c(c2)C(=O)c2ccccc2C3=O)n1-c1ccccc1. The number of nitrogens with zero attached hydrogens (tertiary/aromatic N) is 3. The van der Waals surface area contributed by atoms with Gasteiger partial charge in [0.15, 0.2) is 16.7 Å². The van der Waals surface area contributed by atoms with Gasteiger partial charge in [0.25, 0.3) is 0 Å². The molecule has 1 heterocycles. The first kappa shape index (κ1) is 20.8. The Bertz CT molecular complexity index is 1410. The molecule has 0 unspecified atom stereocenters. The van der Waals surface area contributed by atoms with Crippen molar-refractivity contribution < 1.29 is 14.4 Å². The summed E-state index contributed by atoms with van der Waals surface area (Å²) in [5.74, 6) is 0.163. The number of rotatable bonds is 5. The van der Waals surface area contributed by atoms with E-state index < -0.39 is 0 Å². The fourth-order valence-corrected chi connectivity index (χ4v) is 4.61. The molecule has 1 amide bonds. The summed E-state index contributed by atoms with van der Waals surface area (Å²) in [5, 5.41) is 11.7. The van der Waals surface area contributed by atoms with Gasteiger partial charge in [-0.05, 0) is 37.3 Å². The van der Waals surface area contributed by atoms with Crippen molar-refractivity contribution in [3.63, 3.8) is 0 Å². The molecular weight excluding hydrogens is 436 g/mol. The number of benzene rings is 3. The molecule has 8 heteroatoms. The molecule has 1 aliphatic rings. The van der Waals surface area contributed by atoms with Crippen LogP contribution in [0.4, 0.5) is 5.69 Å². The second kappa shape index (κ2) is 8.48. The molecule has 33 heavy (non-hydrogen) atoms. The lowest BCUT2D eigenvalue weighted by molar-refractivity contribution is -0.113. The number of fused-ring (bicyclic) bond motifs is 2. The molecule has 0 aliphatic heterocycles. The van der Waals surface area contributed by atoms with E-state index in [1.54, 1.807) is 42.5 Å². The molecule has 0 bridgehead atoms. The fourth-order valence-electron chi connectivity index (χ4n) is 3.82. The van der Waals surface area contributed by atoms with Gasteiger partial charge in [-0.2, -0.15) is 0 Å². The Labute approximate surface area is 193 Å². The molecule has 7 nitrogen and oxygen atoms in total. The first-order chi connectivity index (χ1) is 16.0. The van der Waals surface area contributed by atoms with Gasteiger partial charge < -0.3 is 5.32 Å². The molecule has 0 fully saturated rings. The number of amides is 1. The van der Waals surface area contributed by atoms with Crippen LogP contribution in [0.3, 0.4) is 0 Å². The van der Waals surface area contributed by atoms with Gasteiger partial charge in [0.05, 0.1) is 5.75 Å². The lowest BCUT2D eigenvalue weighted by Crippen LogP contribution is -2.21. The Morgan fingerprint density at radius 1 is 0.848 bits per heavy atom. The van der Waals surface area contributed by atoms with Gasteiger partial charge in [0.2, 0.25) is 5.91 Å². The van der Waals surface area contributed by atoms with Crippen LogP contribution >= 0.6 is 11.8 Å². The van der Waals surface area contributed by atoms with Crippen LogP contribution in [0.15, 0.2) is 78.0 Å². The van der Waals surface area contributed by atoms with E-state index in [0.717, 1.165) is 11.5 Å². The quantitative estimate of drug-likeness (QED) is 0.402. The van der Waals surface area contributed by atoms with Crippen LogP contribution in [-0.4, -0.2) is 38.0 Å². The Balaban J connectivity index is 1.31. The van der Waals surface area contributed by atoms with Crippen molar-refractivity contribution in [3.8, 4) is 5.69 Å². The van der Waals surface area contributed by atoms with E-state index in [0.29, 0.717) is 33.1 Å². The van der Waals surface area contributed by atoms with Crippen LogP contribution in [0.25, 0.3) is 5.69 Å². The summed E-state index contributed by atoms with van der Waals surface area (Å²) in [4.78, 5) is 38.2. The second-order valence-electron chi connectivity index (χ2n) is 7.50. The third-order valence-electron chi connectivity index (χ3n) is 5.35. The van der Waals surface area contributed by atoms with Crippen LogP contribution in [-0.2, 0) is 4.79 Å². The Hall–Kier alpha value is -4.04. The van der Waals surface area contributed by atoms with Gasteiger partial charge in [-0.1, -0.05) is 54.2 Å². The zero-order valence-electron chi connectivity index (χ0n) is 17.6. The van der Waals surface area contributed by atoms with Gasteiger partial charge in [-0.15, -0.1) is 10.2 Å². The predicted molar refractivity (Wildman–Crippen MR) is 125 cm³/mol. The van der Waals surface area contributed by atoms with E-state index in [9.17, 15) is 14.4 Å². The number of para-hydroxylation sites is 1. The minimum atomic E-state index is -0.254. The van der Waals surface area contributed by atoms with E-state index in [4.69, 9.17) is 0 Å². The smallest absolute Gasteiger partial charge is 0.234 e. The molecule has 0 radical (unpaired) electrons. The molecule has 1 aliphatic carbocycles. The normalized spacial score (nSPS) is 12.3. The van der Waals surface area contributed by atoms with Gasteiger partial charge in [-0.25, -0.2) is 0 Å². The van der Waals surface area contributed by atoms with E-state index in [-0.39, 0.29) is 23.2 Å². The van der Waals surface area contributed by atoms with Crippen LogP contribution < -0.4 is 5.32 Å². The van der Waals surface area contributed by atoms with Crippen molar-refractivity contribution in [1.29, 1.82) is 0 Å². The average Bonchev–Trinajstić information content (AvgIpc) is 3.22. The van der Waals surface area contributed by atoms with Gasteiger partial charge in [0.1, 0.15) is 5.82 Å². The van der Waals surface area contributed by atoms with E-state index in [1.807, 2.05) is 41.8 Å². The highest BCUT2D eigenvalue weighted by Crippen LogP contribution is 2.29. The number of carbonyl (C=O) groups excluding carboxylic acids is 3. The summed E-state index contributed by atoms with van der Waals surface area (Å²) >= 11 is 1.27. The maximum atomic E-state index is 12.9. The zero-order chi connectivity index (χ0) is 22.9. The molecule has 5 rings (SSSR count). The lowest BCUT2D eigenvalue weighted by Gasteiger charge is -2.18. The molecule has 1 aromatic heterocycles. The number of ketones is 2. The summed E-state index contributed by atoms with van der Waals surface area (Å²) in [6.07, 6.45) is 0. The van der Waals surface area contributed by atoms with Crippen molar-refractivity contribution in [3.05, 3.63) is 101 Å². The fraction of sp³-hybridized carbons (Fsp3) is 0.0800. The summed E-state index contributed by atoms with van der Waals surface area (Å²) in [7, 11) is 0. The molecule has 0 saturated heterocycles.